The number of imidazole rings is 1. The Hall–Kier alpha value is -3.07. The Labute approximate surface area is 164 Å². The van der Waals surface area contributed by atoms with Crippen molar-refractivity contribution >= 4 is 22.9 Å². The summed E-state index contributed by atoms with van der Waals surface area (Å²) < 4.78 is 44.5. The van der Waals surface area contributed by atoms with Crippen molar-refractivity contribution in [1.82, 2.24) is 15.3 Å². The van der Waals surface area contributed by atoms with E-state index >= 15 is 0 Å². The average Bonchev–Trinajstić information content (AvgIpc) is 3.06. The topological polar surface area (TPSA) is 79.0 Å². The predicted octanol–water partition coefficient (Wildman–Crippen LogP) is 3.64. The first-order valence-electron chi connectivity index (χ1n) is 9.14. The van der Waals surface area contributed by atoms with Crippen LogP contribution in [0.25, 0.3) is 11.0 Å². The van der Waals surface area contributed by atoms with Gasteiger partial charge in [0.15, 0.2) is 0 Å². The molecule has 0 saturated carbocycles. The third kappa shape index (κ3) is 4.51. The molecular formula is C20H19F3N4O2. The lowest BCUT2D eigenvalue weighted by molar-refractivity contribution is -0.137. The summed E-state index contributed by atoms with van der Waals surface area (Å²) in [5, 5.41) is 5.89. The first-order chi connectivity index (χ1) is 13.9. The lowest BCUT2D eigenvalue weighted by Crippen LogP contribution is -2.49. The molecule has 1 saturated heterocycles. The Morgan fingerprint density at radius 3 is 2.69 bits per heavy atom. The van der Waals surface area contributed by atoms with Gasteiger partial charge in [0, 0.05) is 0 Å². The zero-order valence-electron chi connectivity index (χ0n) is 15.3. The second-order valence-electron chi connectivity index (χ2n) is 6.93. The van der Waals surface area contributed by atoms with Crippen molar-refractivity contribution in [1.29, 1.82) is 0 Å². The molecule has 9 heteroatoms. The third-order valence-corrected chi connectivity index (χ3v) is 4.71. The fourth-order valence-corrected chi connectivity index (χ4v) is 3.16. The summed E-state index contributed by atoms with van der Waals surface area (Å²) in [5.41, 5.74) is 1.09. The van der Waals surface area contributed by atoms with Crippen LogP contribution in [0.2, 0.25) is 0 Å². The van der Waals surface area contributed by atoms with Crippen molar-refractivity contribution in [3.8, 4) is 0 Å². The molecule has 1 aliphatic heterocycles. The van der Waals surface area contributed by atoms with E-state index in [-0.39, 0.29) is 18.4 Å². The van der Waals surface area contributed by atoms with Gasteiger partial charge in [0.25, 0.3) is 0 Å². The van der Waals surface area contributed by atoms with Gasteiger partial charge in [-0.1, -0.05) is 24.3 Å². The van der Waals surface area contributed by atoms with Crippen LogP contribution in [-0.4, -0.2) is 35.1 Å². The van der Waals surface area contributed by atoms with Gasteiger partial charge < -0.3 is 20.4 Å². The minimum absolute atomic E-state index is 0.0468. The molecule has 2 heterocycles. The van der Waals surface area contributed by atoms with E-state index in [4.69, 9.17) is 4.74 Å². The van der Waals surface area contributed by atoms with Crippen molar-refractivity contribution in [3.63, 3.8) is 0 Å². The number of carbonyl (C=O) groups excluding carboxylic acids is 1. The fourth-order valence-electron chi connectivity index (χ4n) is 3.16. The lowest BCUT2D eigenvalue weighted by atomic mass is 10.0. The molecule has 1 fully saturated rings. The molecule has 1 aromatic heterocycles. The van der Waals surface area contributed by atoms with E-state index in [0.717, 1.165) is 17.6 Å². The molecule has 152 valence electrons. The van der Waals surface area contributed by atoms with Crippen LogP contribution in [0.5, 0.6) is 0 Å². The van der Waals surface area contributed by atoms with Gasteiger partial charge in [-0.2, -0.15) is 13.2 Å². The van der Waals surface area contributed by atoms with Gasteiger partial charge in [0.05, 0.1) is 48.3 Å². The maximum atomic E-state index is 13.2. The number of alkyl halides is 3. The van der Waals surface area contributed by atoms with Crippen molar-refractivity contribution in [2.45, 2.75) is 24.7 Å². The van der Waals surface area contributed by atoms with Gasteiger partial charge in [0.2, 0.25) is 11.9 Å². The van der Waals surface area contributed by atoms with Gasteiger partial charge >= 0.3 is 6.18 Å². The highest BCUT2D eigenvalue weighted by molar-refractivity contribution is 5.79. The Kier molecular flexibility index (Phi) is 5.14. The fraction of sp³-hybridized carbons (Fsp3) is 0.300. The van der Waals surface area contributed by atoms with E-state index in [9.17, 15) is 18.0 Å². The van der Waals surface area contributed by atoms with Crippen LogP contribution < -0.4 is 10.6 Å². The van der Waals surface area contributed by atoms with Gasteiger partial charge in [-0.15, -0.1) is 0 Å². The molecular weight excluding hydrogens is 385 g/mol. The number of aromatic amines is 1. The SMILES string of the molecule is O=C(CC(Nc1nc2ccccc2[nH]1)c1cccc(C(F)(F)F)c1)NC1COC1. The highest BCUT2D eigenvalue weighted by Crippen LogP contribution is 2.32. The van der Waals surface area contributed by atoms with Gasteiger partial charge in [-0.3, -0.25) is 4.79 Å². The minimum atomic E-state index is -4.47. The molecule has 2 aromatic carbocycles. The summed E-state index contributed by atoms with van der Waals surface area (Å²) in [6, 6.07) is 11.6. The maximum absolute atomic E-state index is 13.2. The number of hydrogen-bond donors (Lipinski definition) is 3. The van der Waals surface area contributed by atoms with Crippen LogP contribution in [0.3, 0.4) is 0 Å². The molecule has 3 aromatic rings. The number of halogens is 3. The molecule has 1 amide bonds. The summed E-state index contributed by atoms with van der Waals surface area (Å²) in [6.07, 6.45) is -4.51. The number of rotatable bonds is 6. The molecule has 0 radical (unpaired) electrons. The number of amides is 1. The summed E-state index contributed by atoms with van der Waals surface area (Å²) in [5.74, 6) is 0.109. The molecule has 3 N–H and O–H groups in total. The highest BCUT2D eigenvalue weighted by Gasteiger charge is 2.31. The van der Waals surface area contributed by atoms with Crippen molar-refractivity contribution in [2.75, 3.05) is 18.5 Å². The molecule has 1 unspecified atom stereocenters. The number of carbonyl (C=O) groups is 1. The Bertz CT molecular complexity index is 981. The van der Waals surface area contributed by atoms with Crippen molar-refractivity contribution < 1.29 is 22.7 Å². The summed E-state index contributed by atoms with van der Waals surface area (Å²) in [7, 11) is 0. The molecule has 1 atom stereocenters. The smallest absolute Gasteiger partial charge is 0.377 e. The molecule has 4 rings (SSSR count). The Morgan fingerprint density at radius 1 is 1.21 bits per heavy atom. The standard InChI is InChI=1S/C20H19F3N4O2/c21-20(22,23)13-5-3-4-12(8-13)17(9-18(28)24-14-10-29-11-14)27-19-25-15-6-1-2-7-16(15)26-19/h1-8,14,17H,9-11H2,(H,24,28)(H2,25,26,27). The van der Waals surface area contributed by atoms with E-state index in [1.807, 2.05) is 24.3 Å². The summed E-state index contributed by atoms with van der Waals surface area (Å²) >= 11 is 0. The number of anilines is 1. The normalized spacial score (nSPS) is 15.7. The predicted molar refractivity (Wildman–Crippen MR) is 101 cm³/mol. The van der Waals surface area contributed by atoms with Crippen LogP contribution in [0, 0.1) is 0 Å². The van der Waals surface area contributed by atoms with Gasteiger partial charge in [-0.05, 0) is 29.8 Å². The average molecular weight is 404 g/mol. The number of fused-ring (bicyclic) bond motifs is 1. The summed E-state index contributed by atoms with van der Waals surface area (Å²) in [4.78, 5) is 19.9. The molecule has 6 nitrogen and oxygen atoms in total. The van der Waals surface area contributed by atoms with Crippen molar-refractivity contribution in [2.24, 2.45) is 0 Å². The number of para-hydroxylation sites is 2. The van der Waals surface area contributed by atoms with E-state index in [0.29, 0.717) is 30.2 Å². The quantitative estimate of drug-likeness (QED) is 0.586. The Balaban J connectivity index is 1.60. The van der Waals surface area contributed by atoms with Gasteiger partial charge in [-0.25, -0.2) is 4.98 Å². The van der Waals surface area contributed by atoms with E-state index < -0.39 is 17.8 Å². The zero-order valence-corrected chi connectivity index (χ0v) is 15.3. The number of hydrogen-bond acceptors (Lipinski definition) is 4. The number of aromatic nitrogens is 2. The van der Waals surface area contributed by atoms with Crippen LogP contribution >= 0.6 is 0 Å². The molecule has 1 aliphatic rings. The minimum Gasteiger partial charge on any atom is -0.377 e. The summed E-state index contributed by atoms with van der Waals surface area (Å²) in [6.45, 7) is 0.883. The van der Waals surface area contributed by atoms with Gasteiger partial charge in [0.1, 0.15) is 0 Å². The maximum Gasteiger partial charge on any atom is 0.416 e. The number of benzene rings is 2. The molecule has 0 aliphatic carbocycles. The monoisotopic (exact) mass is 404 g/mol. The largest absolute Gasteiger partial charge is 0.416 e. The number of nitrogens with one attached hydrogen (secondary N) is 3. The second-order valence-corrected chi connectivity index (χ2v) is 6.93. The molecule has 29 heavy (non-hydrogen) atoms. The zero-order chi connectivity index (χ0) is 20.4. The Morgan fingerprint density at radius 2 is 2.00 bits per heavy atom. The third-order valence-electron chi connectivity index (χ3n) is 4.71. The van der Waals surface area contributed by atoms with Crippen LogP contribution in [0.1, 0.15) is 23.6 Å². The first-order valence-corrected chi connectivity index (χ1v) is 9.14. The van der Waals surface area contributed by atoms with E-state index in [2.05, 4.69) is 20.6 Å². The second kappa shape index (κ2) is 7.75. The van der Waals surface area contributed by atoms with Crippen LogP contribution in [0.4, 0.5) is 19.1 Å². The number of H-pyrrole nitrogens is 1. The van der Waals surface area contributed by atoms with E-state index in [1.165, 1.54) is 6.07 Å². The highest BCUT2D eigenvalue weighted by atomic mass is 19.4. The van der Waals surface area contributed by atoms with Crippen LogP contribution in [0.15, 0.2) is 48.5 Å². The van der Waals surface area contributed by atoms with Crippen molar-refractivity contribution in [3.05, 3.63) is 59.7 Å². The van der Waals surface area contributed by atoms with Crippen LogP contribution in [-0.2, 0) is 15.7 Å². The first kappa shape index (κ1) is 19.3. The molecule has 0 spiro atoms. The number of nitrogens with zero attached hydrogens (tertiary/aromatic N) is 1. The number of ether oxygens (including phenoxy) is 1. The van der Waals surface area contributed by atoms with E-state index in [1.54, 1.807) is 6.07 Å². The molecule has 0 bridgehead atoms. The lowest BCUT2D eigenvalue weighted by Gasteiger charge is -2.28.